The van der Waals surface area contributed by atoms with Crippen molar-refractivity contribution in [1.82, 2.24) is 0 Å². The van der Waals surface area contributed by atoms with Crippen LogP contribution < -0.4 is 15.1 Å². The molecule has 0 saturated carbocycles. The van der Waals surface area contributed by atoms with Gasteiger partial charge in [-0.05, 0) is 30.4 Å². The van der Waals surface area contributed by atoms with Gasteiger partial charge in [-0.25, -0.2) is 4.79 Å². The Kier molecular flexibility index (Phi) is 10.6. The largest absolute Gasteiger partial charge is 0.496 e. The first-order valence-corrected chi connectivity index (χ1v) is 13.4. The predicted molar refractivity (Wildman–Crippen MR) is 146 cm³/mol. The number of benzene rings is 2. The first kappa shape index (κ1) is 27.5. The van der Waals surface area contributed by atoms with Gasteiger partial charge in [0.05, 0.1) is 19.6 Å². The van der Waals surface area contributed by atoms with Gasteiger partial charge in [0.1, 0.15) is 22.6 Å². The van der Waals surface area contributed by atoms with Crippen molar-refractivity contribution in [1.29, 1.82) is 0 Å². The highest BCUT2D eigenvalue weighted by Crippen LogP contribution is 2.32. The average molecular weight is 493 g/mol. The van der Waals surface area contributed by atoms with Crippen LogP contribution in [0, 0.1) is 0 Å². The van der Waals surface area contributed by atoms with Crippen molar-refractivity contribution in [2.24, 2.45) is 0 Å². The van der Waals surface area contributed by atoms with Crippen LogP contribution in [-0.2, 0) is 0 Å². The Morgan fingerprint density at radius 2 is 1.47 bits per heavy atom. The van der Waals surface area contributed by atoms with E-state index in [4.69, 9.17) is 13.9 Å². The van der Waals surface area contributed by atoms with Crippen LogP contribution in [0.25, 0.3) is 11.0 Å². The fraction of sp³-hybridized carbons (Fsp3) is 0.484. The maximum absolute atomic E-state index is 13.3. The van der Waals surface area contributed by atoms with E-state index in [1.807, 2.05) is 12.1 Å². The summed E-state index contributed by atoms with van der Waals surface area (Å²) in [7, 11) is 3.06. The van der Waals surface area contributed by atoms with Crippen LogP contribution in [0.1, 0.15) is 105 Å². The summed E-state index contributed by atoms with van der Waals surface area (Å²) >= 11 is 0. The minimum Gasteiger partial charge on any atom is -0.496 e. The summed E-state index contributed by atoms with van der Waals surface area (Å²) in [5, 5.41) is 0.553. The fourth-order valence-corrected chi connectivity index (χ4v) is 4.78. The smallest absolute Gasteiger partial charge is 0.347 e. The third-order valence-electron chi connectivity index (χ3n) is 6.95. The average Bonchev–Trinajstić information content (AvgIpc) is 2.90. The van der Waals surface area contributed by atoms with Gasteiger partial charge in [-0.15, -0.1) is 0 Å². The molecule has 0 aliphatic heterocycles. The van der Waals surface area contributed by atoms with Gasteiger partial charge in [0.2, 0.25) is 0 Å². The summed E-state index contributed by atoms with van der Waals surface area (Å²) in [6, 6.07) is 12.7. The van der Waals surface area contributed by atoms with Gasteiger partial charge in [-0.2, -0.15) is 0 Å². The first-order chi connectivity index (χ1) is 17.5. The summed E-state index contributed by atoms with van der Waals surface area (Å²) in [6.45, 7) is 4.47. The normalized spacial score (nSPS) is 11.2. The van der Waals surface area contributed by atoms with Crippen LogP contribution in [0.5, 0.6) is 11.5 Å². The van der Waals surface area contributed by atoms with E-state index in [0.717, 1.165) is 0 Å². The van der Waals surface area contributed by atoms with Crippen molar-refractivity contribution in [2.45, 2.75) is 84.0 Å². The fourth-order valence-electron chi connectivity index (χ4n) is 4.78. The van der Waals surface area contributed by atoms with Crippen molar-refractivity contribution in [3.05, 3.63) is 69.6 Å². The number of carbonyl (C=O) groups excluding carboxylic acids is 1. The number of rotatable bonds is 15. The summed E-state index contributed by atoms with van der Waals surface area (Å²) in [5.41, 5.74) is 1.40. The number of hydrogen-bond donors (Lipinski definition) is 0. The first-order valence-electron chi connectivity index (χ1n) is 13.4. The Balaban J connectivity index is 1.83. The molecule has 1 aromatic heterocycles. The van der Waals surface area contributed by atoms with E-state index >= 15 is 0 Å². The SMILES string of the molecule is CCCCCCC(CCCCCC)c1ccc(C(=O)c2cc3c(OC)cc(OC)cc3oc2=O)cc1. The highest BCUT2D eigenvalue weighted by atomic mass is 16.5. The number of ketones is 1. The van der Waals surface area contributed by atoms with E-state index in [0.29, 0.717) is 33.9 Å². The van der Waals surface area contributed by atoms with Crippen molar-refractivity contribution in [3.8, 4) is 11.5 Å². The molecule has 3 rings (SSSR count). The molecule has 0 aliphatic rings. The molecule has 0 atom stereocenters. The number of methoxy groups -OCH3 is 2. The van der Waals surface area contributed by atoms with E-state index < -0.39 is 5.63 Å². The molecule has 1 heterocycles. The molecule has 5 nitrogen and oxygen atoms in total. The maximum atomic E-state index is 13.3. The molecule has 0 spiro atoms. The lowest BCUT2D eigenvalue weighted by Gasteiger charge is -2.18. The molecule has 0 amide bonds. The summed E-state index contributed by atoms with van der Waals surface area (Å²) < 4.78 is 16.2. The molecule has 194 valence electrons. The van der Waals surface area contributed by atoms with Gasteiger partial charge in [-0.1, -0.05) is 89.5 Å². The van der Waals surface area contributed by atoms with Gasteiger partial charge in [0.25, 0.3) is 0 Å². The zero-order valence-corrected chi connectivity index (χ0v) is 22.2. The lowest BCUT2D eigenvalue weighted by molar-refractivity contribution is 0.103. The number of ether oxygens (including phenoxy) is 2. The van der Waals surface area contributed by atoms with Crippen LogP contribution in [0.3, 0.4) is 0 Å². The number of carbonyl (C=O) groups is 1. The molecule has 0 aliphatic carbocycles. The topological polar surface area (TPSA) is 65.7 Å². The Morgan fingerprint density at radius 1 is 0.833 bits per heavy atom. The second-order valence-electron chi connectivity index (χ2n) is 9.54. The molecule has 5 heteroatoms. The highest BCUT2D eigenvalue weighted by Gasteiger charge is 2.19. The third kappa shape index (κ3) is 6.99. The van der Waals surface area contributed by atoms with E-state index in [9.17, 15) is 9.59 Å². The van der Waals surface area contributed by atoms with Gasteiger partial charge < -0.3 is 13.9 Å². The molecule has 0 saturated heterocycles. The zero-order valence-electron chi connectivity index (χ0n) is 22.2. The minimum absolute atomic E-state index is 0.00519. The molecule has 0 fully saturated rings. The minimum atomic E-state index is -0.670. The Morgan fingerprint density at radius 3 is 2.03 bits per heavy atom. The number of unbranched alkanes of at least 4 members (excludes halogenated alkanes) is 6. The van der Waals surface area contributed by atoms with Gasteiger partial charge in [-0.3, -0.25) is 4.79 Å². The highest BCUT2D eigenvalue weighted by molar-refractivity contribution is 6.10. The zero-order chi connectivity index (χ0) is 25.9. The molecule has 0 bridgehead atoms. The molecule has 0 unspecified atom stereocenters. The van der Waals surface area contributed by atoms with Crippen LogP contribution in [-0.4, -0.2) is 20.0 Å². The van der Waals surface area contributed by atoms with Gasteiger partial charge in [0, 0.05) is 17.7 Å². The molecule has 2 aromatic carbocycles. The van der Waals surface area contributed by atoms with E-state index in [1.165, 1.54) is 84.0 Å². The van der Waals surface area contributed by atoms with Crippen molar-refractivity contribution in [2.75, 3.05) is 14.2 Å². The van der Waals surface area contributed by atoms with E-state index in [1.54, 1.807) is 18.2 Å². The lowest BCUT2D eigenvalue weighted by Crippen LogP contribution is -2.15. The van der Waals surface area contributed by atoms with Gasteiger partial charge in [0.15, 0.2) is 5.78 Å². The van der Waals surface area contributed by atoms with Crippen molar-refractivity contribution in [3.63, 3.8) is 0 Å². The van der Waals surface area contributed by atoms with E-state index in [2.05, 4.69) is 26.0 Å². The Hall–Kier alpha value is -3.08. The monoisotopic (exact) mass is 492 g/mol. The third-order valence-corrected chi connectivity index (χ3v) is 6.95. The molecular weight excluding hydrogens is 452 g/mol. The lowest BCUT2D eigenvalue weighted by atomic mass is 9.87. The maximum Gasteiger partial charge on any atom is 0.347 e. The molecule has 0 N–H and O–H groups in total. The Labute approximate surface area is 214 Å². The summed E-state index contributed by atoms with van der Waals surface area (Å²) in [6.07, 6.45) is 12.4. The number of hydrogen-bond acceptors (Lipinski definition) is 5. The van der Waals surface area contributed by atoms with Crippen LogP contribution in [0.2, 0.25) is 0 Å². The molecular formula is C31H40O5. The van der Waals surface area contributed by atoms with Gasteiger partial charge >= 0.3 is 5.63 Å². The summed E-state index contributed by atoms with van der Waals surface area (Å²) in [4.78, 5) is 26.0. The molecule has 3 aromatic rings. The second kappa shape index (κ2) is 13.9. The van der Waals surface area contributed by atoms with Crippen LogP contribution in [0.15, 0.2) is 51.7 Å². The van der Waals surface area contributed by atoms with Crippen molar-refractivity contribution < 1.29 is 18.7 Å². The standard InChI is InChI=1S/C31H40O5/c1-5-7-9-11-13-22(14-12-10-8-6-2)23-15-17-24(18-16-23)30(32)27-21-26-28(35-4)19-25(34-3)20-29(26)36-31(27)33/h15-22H,5-14H2,1-4H3. The van der Waals surface area contributed by atoms with Crippen molar-refractivity contribution >= 4 is 16.8 Å². The van der Waals surface area contributed by atoms with Crippen LogP contribution in [0.4, 0.5) is 0 Å². The predicted octanol–water partition coefficient (Wildman–Crippen LogP) is 8.07. The second-order valence-corrected chi connectivity index (χ2v) is 9.54. The van der Waals surface area contributed by atoms with E-state index in [-0.39, 0.29) is 11.3 Å². The number of fused-ring (bicyclic) bond motifs is 1. The summed E-state index contributed by atoms with van der Waals surface area (Å²) in [5.74, 6) is 1.15. The molecule has 0 radical (unpaired) electrons. The molecule has 36 heavy (non-hydrogen) atoms. The van der Waals surface area contributed by atoms with Crippen LogP contribution >= 0.6 is 0 Å². The quantitative estimate of drug-likeness (QED) is 0.122. The Bertz CT molecular complexity index is 1160.